The number of rotatable bonds is 4. The zero-order valence-corrected chi connectivity index (χ0v) is 7.15. The number of aliphatic carboxylic acids is 1. The first-order chi connectivity index (χ1) is 5.61. The van der Waals surface area contributed by atoms with Crippen LogP contribution in [0.5, 0.6) is 0 Å². The summed E-state index contributed by atoms with van der Waals surface area (Å²) < 4.78 is 49.0. The summed E-state index contributed by atoms with van der Waals surface area (Å²) in [4.78, 5) is 10.1. The number of hydrogen-bond acceptors (Lipinski definition) is 1. The number of carboxylic acid groups (broad SMARTS) is 1. The van der Waals surface area contributed by atoms with Crippen molar-refractivity contribution in [1.29, 1.82) is 0 Å². The number of hydrogen-bond donors (Lipinski definition) is 1. The smallest absolute Gasteiger partial charge is 0.312 e. The van der Waals surface area contributed by atoms with Gasteiger partial charge in [0.05, 0.1) is 6.42 Å². The second-order valence-electron chi connectivity index (χ2n) is 3.38. The molecule has 0 aromatic rings. The molecule has 0 saturated heterocycles. The fourth-order valence-electron chi connectivity index (χ4n) is 0.791. The fourth-order valence-corrected chi connectivity index (χ4v) is 0.791. The highest BCUT2D eigenvalue weighted by atomic mass is 19.3. The van der Waals surface area contributed by atoms with E-state index in [1.807, 2.05) is 0 Å². The zero-order valence-electron chi connectivity index (χ0n) is 7.15. The lowest BCUT2D eigenvalue weighted by Crippen LogP contribution is -2.44. The zero-order chi connectivity index (χ0) is 10.9. The van der Waals surface area contributed by atoms with Crippen molar-refractivity contribution in [2.24, 2.45) is 5.41 Å². The van der Waals surface area contributed by atoms with Crippen LogP contribution in [0, 0.1) is 5.41 Å². The number of carboxylic acids is 1. The molecule has 0 saturated carbocycles. The van der Waals surface area contributed by atoms with Crippen molar-refractivity contribution in [2.75, 3.05) is 0 Å². The average Bonchev–Trinajstić information content (AvgIpc) is 1.83. The first kappa shape index (κ1) is 12.2. The molecule has 0 heterocycles. The van der Waals surface area contributed by atoms with Crippen LogP contribution < -0.4 is 0 Å². The molecule has 0 aliphatic heterocycles. The topological polar surface area (TPSA) is 37.3 Å². The van der Waals surface area contributed by atoms with Crippen LogP contribution in [0.1, 0.15) is 20.3 Å². The molecule has 78 valence electrons. The lowest BCUT2D eigenvalue weighted by Gasteiger charge is -2.31. The van der Waals surface area contributed by atoms with E-state index in [0.717, 1.165) is 13.8 Å². The van der Waals surface area contributed by atoms with Gasteiger partial charge in [-0.15, -0.1) is 0 Å². The lowest BCUT2D eigenvalue weighted by molar-refractivity contribution is -0.202. The molecule has 0 bridgehead atoms. The molecule has 1 N–H and O–H groups in total. The van der Waals surface area contributed by atoms with Crippen LogP contribution in [0.25, 0.3) is 0 Å². The van der Waals surface area contributed by atoms with Crippen LogP contribution in [0.15, 0.2) is 0 Å². The second-order valence-corrected chi connectivity index (χ2v) is 3.38. The SMILES string of the molecule is CC(C)(CC(=O)O)C(F)(F)C(F)F. The summed E-state index contributed by atoms with van der Waals surface area (Å²) >= 11 is 0. The molecule has 0 radical (unpaired) electrons. The van der Waals surface area contributed by atoms with Gasteiger partial charge in [-0.05, 0) is 0 Å². The molecule has 0 amide bonds. The molecule has 0 aliphatic carbocycles. The van der Waals surface area contributed by atoms with Gasteiger partial charge in [0.1, 0.15) is 0 Å². The second kappa shape index (κ2) is 3.51. The van der Waals surface area contributed by atoms with Crippen molar-refractivity contribution < 1.29 is 27.5 Å². The van der Waals surface area contributed by atoms with E-state index in [1.165, 1.54) is 0 Å². The number of halogens is 4. The van der Waals surface area contributed by atoms with Crippen molar-refractivity contribution in [2.45, 2.75) is 32.6 Å². The third-order valence-corrected chi connectivity index (χ3v) is 1.77. The van der Waals surface area contributed by atoms with Crippen molar-refractivity contribution in [3.8, 4) is 0 Å². The molecule has 6 heteroatoms. The maximum Gasteiger partial charge on any atom is 0.312 e. The first-order valence-electron chi connectivity index (χ1n) is 3.49. The summed E-state index contributed by atoms with van der Waals surface area (Å²) in [5.41, 5.74) is -2.24. The van der Waals surface area contributed by atoms with Gasteiger partial charge in [0.15, 0.2) is 0 Å². The highest BCUT2D eigenvalue weighted by molar-refractivity contribution is 5.67. The van der Waals surface area contributed by atoms with Gasteiger partial charge in [0.2, 0.25) is 0 Å². The molecule has 0 fully saturated rings. The monoisotopic (exact) mass is 202 g/mol. The van der Waals surface area contributed by atoms with E-state index in [0.29, 0.717) is 0 Å². The summed E-state index contributed by atoms with van der Waals surface area (Å²) in [5.74, 6) is -5.81. The molecule has 0 rings (SSSR count). The van der Waals surface area contributed by atoms with E-state index in [1.54, 1.807) is 0 Å². The third-order valence-electron chi connectivity index (χ3n) is 1.77. The van der Waals surface area contributed by atoms with Gasteiger partial charge < -0.3 is 5.11 Å². The van der Waals surface area contributed by atoms with Crippen LogP contribution in [0.3, 0.4) is 0 Å². The Morgan fingerprint density at radius 1 is 1.38 bits per heavy atom. The van der Waals surface area contributed by atoms with Gasteiger partial charge in [-0.2, -0.15) is 8.78 Å². The van der Waals surface area contributed by atoms with E-state index >= 15 is 0 Å². The van der Waals surface area contributed by atoms with Crippen molar-refractivity contribution >= 4 is 5.97 Å². The van der Waals surface area contributed by atoms with Gasteiger partial charge in [0.25, 0.3) is 0 Å². The standard InChI is InChI=1S/C7H10F4O2/c1-6(2,3-4(12)13)7(10,11)5(8)9/h5H,3H2,1-2H3,(H,12,13). The highest BCUT2D eigenvalue weighted by Gasteiger charge is 2.55. The normalized spacial score (nSPS) is 13.5. The quantitative estimate of drug-likeness (QED) is 0.710. The molecule has 0 aromatic heterocycles. The molecular formula is C7H10F4O2. The third kappa shape index (κ3) is 2.57. The van der Waals surface area contributed by atoms with Crippen LogP contribution in [-0.2, 0) is 4.79 Å². The summed E-state index contributed by atoms with van der Waals surface area (Å²) in [6.45, 7) is 1.60. The van der Waals surface area contributed by atoms with E-state index in [2.05, 4.69) is 0 Å². The fraction of sp³-hybridized carbons (Fsp3) is 0.857. The summed E-state index contributed by atoms with van der Waals surface area (Å²) in [6, 6.07) is 0. The minimum Gasteiger partial charge on any atom is -0.481 e. The Morgan fingerprint density at radius 2 is 1.77 bits per heavy atom. The summed E-state index contributed by atoms with van der Waals surface area (Å²) in [7, 11) is 0. The largest absolute Gasteiger partial charge is 0.481 e. The lowest BCUT2D eigenvalue weighted by atomic mass is 9.82. The Balaban J connectivity index is 4.70. The van der Waals surface area contributed by atoms with Gasteiger partial charge >= 0.3 is 18.3 Å². The molecule has 0 unspecified atom stereocenters. The molecule has 0 aliphatic rings. The van der Waals surface area contributed by atoms with Crippen LogP contribution >= 0.6 is 0 Å². The van der Waals surface area contributed by atoms with Crippen molar-refractivity contribution in [1.82, 2.24) is 0 Å². The molecular weight excluding hydrogens is 192 g/mol. The highest BCUT2D eigenvalue weighted by Crippen LogP contribution is 2.43. The van der Waals surface area contributed by atoms with Gasteiger partial charge in [-0.25, -0.2) is 8.78 Å². The first-order valence-corrected chi connectivity index (χ1v) is 3.49. The van der Waals surface area contributed by atoms with Crippen LogP contribution in [-0.4, -0.2) is 23.4 Å². The van der Waals surface area contributed by atoms with Gasteiger partial charge in [-0.1, -0.05) is 13.8 Å². The predicted octanol–water partition coefficient (Wildman–Crippen LogP) is 2.39. The van der Waals surface area contributed by atoms with Crippen molar-refractivity contribution in [3.63, 3.8) is 0 Å². The van der Waals surface area contributed by atoms with E-state index < -0.39 is 30.2 Å². The Morgan fingerprint density at radius 3 is 2.00 bits per heavy atom. The predicted molar refractivity (Wildman–Crippen MR) is 37.0 cm³/mol. The molecule has 0 spiro atoms. The molecule has 0 aromatic carbocycles. The molecule has 2 nitrogen and oxygen atoms in total. The maximum absolute atomic E-state index is 12.7. The van der Waals surface area contributed by atoms with E-state index in [-0.39, 0.29) is 0 Å². The van der Waals surface area contributed by atoms with Crippen LogP contribution in [0.2, 0.25) is 0 Å². The summed E-state index contributed by atoms with van der Waals surface area (Å²) in [5, 5.41) is 8.22. The Hall–Kier alpha value is -0.810. The molecule has 0 atom stereocenters. The Labute approximate surface area is 72.5 Å². The number of alkyl halides is 4. The van der Waals surface area contributed by atoms with Crippen molar-refractivity contribution in [3.05, 3.63) is 0 Å². The van der Waals surface area contributed by atoms with E-state index in [9.17, 15) is 22.4 Å². The van der Waals surface area contributed by atoms with Crippen LogP contribution in [0.4, 0.5) is 17.6 Å². The number of carbonyl (C=O) groups is 1. The summed E-state index contributed by atoms with van der Waals surface area (Å²) in [6.07, 6.45) is -4.84. The minimum absolute atomic E-state index is 0.799. The van der Waals surface area contributed by atoms with Gasteiger partial charge in [-0.3, -0.25) is 4.79 Å². The van der Waals surface area contributed by atoms with E-state index in [4.69, 9.17) is 5.11 Å². The average molecular weight is 202 g/mol. The Kier molecular flexibility index (Phi) is 3.29. The Bertz CT molecular complexity index is 201. The minimum atomic E-state index is -4.29. The maximum atomic E-state index is 12.7. The molecule has 13 heavy (non-hydrogen) atoms. The van der Waals surface area contributed by atoms with Gasteiger partial charge in [0, 0.05) is 5.41 Å².